The van der Waals surface area contributed by atoms with Crippen LogP contribution in [-0.2, 0) is 16.4 Å². The van der Waals surface area contributed by atoms with Crippen molar-refractivity contribution in [1.29, 1.82) is 0 Å². The van der Waals surface area contributed by atoms with Gasteiger partial charge in [-0.05, 0) is 12.1 Å². The number of imidazole rings is 1. The third-order valence-electron chi connectivity index (χ3n) is 2.07. The van der Waals surface area contributed by atoms with Crippen molar-refractivity contribution >= 4 is 20.9 Å². The predicted molar refractivity (Wildman–Crippen MR) is 55.1 cm³/mol. The fraction of sp³-hybridized carbons (Fsp3) is 0.222. The molecule has 1 heterocycles. The van der Waals surface area contributed by atoms with Crippen LogP contribution in [0.3, 0.4) is 0 Å². The number of hydrogen-bond acceptors (Lipinski definition) is 4. The van der Waals surface area contributed by atoms with Crippen LogP contribution in [0.4, 0.5) is 0 Å². The minimum Gasteiger partial charge on any atom is -0.388 e. The first-order valence-electron chi connectivity index (χ1n) is 4.31. The van der Waals surface area contributed by atoms with E-state index < -0.39 is 9.84 Å². The number of fused-ring (bicyclic) bond motifs is 1. The number of nitrogens with zero attached hydrogens (tertiary/aromatic N) is 1. The van der Waals surface area contributed by atoms with Crippen molar-refractivity contribution < 1.29 is 13.5 Å². The van der Waals surface area contributed by atoms with Gasteiger partial charge in [-0.3, -0.25) is 0 Å². The van der Waals surface area contributed by atoms with Gasteiger partial charge in [0.1, 0.15) is 17.9 Å². The highest BCUT2D eigenvalue weighted by Gasteiger charge is 2.14. The largest absolute Gasteiger partial charge is 0.388 e. The maximum absolute atomic E-state index is 11.4. The molecule has 6 heteroatoms. The van der Waals surface area contributed by atoms with Gasteiger partial charge in [0.2, 0.25) is 0 Å². The van der Waals surface area contributed by atoms with Gasteiger partial charge < -0.3 is 10.1 Å². The van der Waals surface area contributed by atoms with E-state index in [4.69, 9.17) is 5.11 Å². The lowest BCUT2D eigenvalue weighted by atomic mass is 10.3. The number of aliphatic hydroxyl groups excluding tert-OH is 1. The van der Waals surface area contributed by atoms with Gasteiger partial charge in [0.25, 0.3) is 0 Å². The number of H-pyrrole nitrogens is 1. The highest BCUT2D eigenvalue weighted by molar-refractivity contribution is 7.91. The molecule has 80 valence electrons. The SMILES string of the molecule is CS(=O)(=O)c1cccc2[nH]c(CO)nc12. The Balaban J connectivity index is 2.81. The summed E-state index contributed by atoms with van der Waals surface area (Å²) in [7, 11) is -3.29. The zero-order valence-electron chi connectivity index (χ0n) is 8.06. The van der Waals surface area contributed by atoms with E-state index in [0.29, 0.717) is 16.9 Å². The van der Waals surface area contributed by atoms with E-state index in [1.165, 1.54) is 6.07 Å². The van der Waals surface area contributed by atoms with Crippen LogP contribution in [0.5, 0.6) is 0 Å². The minimum absolute atomic E-state index is 0.177. The van der Waals surface area contributed by atoms with E-state index in [-0.39, 0.29) is 11.5 Å². The lowest BCUT2D eigenvalue weighted by Crippen LogP contribution is -1.97. The van der Waals surface area contributed by atoms with Crippen molar-refractivity contribution in [1.82, 2.24) is 9.97 Å². The summed E-state index contributed by atoms with van der Waals surface area (Å²) in [5.41, 5.74) is 0.992. The van der Waals surface area contributed by atoms with Crippen molar-refractivity contribution in [3.05, 3.63) is 24.0 Å². The van der Waals surface area contributed by atoms with Crippen LogP contribution in [0.15, 0.2) is 23.1 Å². The van der Waals surface area contributed by atoms with Gasteiger partial charge in [0.05, 0.1) is 10.4 Å². The molecule has 0 aliphatic carbocycles. The molecule has 0 atom stereocenters. The van der Waals surface area contributed by atoms with E-state index >= 15 is 0 Å². The van der Waals surface area contributed by atoms with Crippen LogP contribution >= 0.6 is 0 Å². The molecule has 0 fully saturated rings. The number of aromatic amines is 1. The maximum atomic E-state index is 11.4. The highest BCUT2D eigenvalue weighted by atomic mass is 32.2. The summed E-state index contributed by atoms with van der Waals surface area (Å²) in [6.45, 7) is -0.238. The zero-order valence-corrected chi connectivity index (χ0v) is 8.87. The first-order chi connectivity index (χ1) is 7.02. The van der Waals surface area contributed by atoms with Crippen molar-refractivity contribution in [3.63, 3.8) is 0 Å². The number of aliphatic hydroxyl groups is 1. The lowest BCUT2D eigenvalue weighted by molar-refractivity contribution is 0.273. The molecule has 0 saturated heterocycles. The molecule has 2 N–H and O–H groups in total. The fourth-order valence-electron chi connectivity index (χ4n) is 1.43. The zero-order chi connectivity index (χ0) is 11.1. The first-order valence-corrected chi connectivity index (χ1v) is 6.20. The molecule has 5 nitrogen and oxygen atoms in total. The highest BCUT2D eigenvalue weighted by Crippen LogP contribution is 2.20. The molecule has 2 rings (SSSR count). The maximum Gasteiger partial charge on any atom is 0.177 e. The van der Waals surface area contributed by atoms with Crippen molar-refractivity contribution in [3.8, 4) is 0 Å². The average Bonchev–Trinajstić information content (AvgIpc) is 2.57. The van der Waals surface area contributed by atoms with E-state index in [0.717, 1.165) is 6.26 Å². The van der Waals surface area contributed by atoms with Crippen LogP contribution in [0.25, 0.3) is 11.0 Å². The van der Waals surface area contributed by atoms with Crippen molar-refractivity contribution in [2.45, 2.75) is 11.5 Å². The van der Waals surface area contributed by atoms with Gasteiger partial charge in [-0.25, -0.2) is 13.4 Å². The number of nitrogens with one attached hydrogen (secondary N) is 1. The van der Waals surface area contributed by atoms with Gasteiger partial charge in [0, 0.05) is 6.26 Å². The molecule has 0 saturated carbocycles. The van der Waals surface area contributed by atoms with Crippen LogP contribution in [-0.4, -0.2) is 29.7 Å². The summed E-state index contributed by atoms with van der Waals surface area (Å²) in [5, 5.41) is 8.89. The van der Waals surface area contributed by atoms with E-state index in [1.807, 2.05) is 0 Å². The third-order valence-corrected chi connectivity index (χ3v) is 3.20. The Morgan fingerprint density at radius 1 is 1.47 bits per heavy atom. The Labute approximate surface area is 86.7 Å². The Morgan fingerprint density at radius 3 is 2.80 bits per heavy atom. The summed E-state index contributed by atoms with van der Waals surface area (Å²) >= 11 is 0. The summed E-state index contributed by atoms with van der Waals surface area (Å²) < 4.78 is 22.9. The summed E-state index contributed by atoms with van der Waals surface area (Å²) in [6.07, 6.45) is 1.13. The van der Waals surface area contributed by atoms with Gasteiger partial charge in [-0.2, -0.15) is 0 Å². The molecule has 0 spiro atoms. The molecular weight excluding hydrogens is 216 g/mol. The van der Waals surface area contributed by atoms with Crippen molar-refractivity contribution in [2.24, 2.45) is 0 Å². The Hall–Kier alpha value is -1.40. The van der Waals surface area contributed by atoms with Gasteiger partial charge in [-0.15, -0.1) is 0 Å². The fourth-order valence-corrected chi connectivity index (χ4v) is 2.26. The number of hydrogen-bond donors (Lipinski definition) is 2. The number of sulfone groups is 1. The van der Waals surface area contributed by atoms with Crippen LogP contribution in [0.1, 0.15) is 5.82 Å². The molecular formula is C9H10N2O3S. The molecule has 0 amide bonds. The molecule has 2 aromatic rings. The molecule has 0 radical (unpaired) electrons. The Bertz CT molecular complexity index is 601. The minimum atomic E-state index is -3.29. The van der Waals surface area contributed by atoms with E-state index in [2.05, 4.69) is 9.97 Å². The number of benzene rings is 1. The molecule has 1 aromatic carbocycles. The Kier molecular flexibility index (Phi) is 2.24. The van der Waals surface area contributed by atoms with Crippen LogP contribution in [0, 0.1) is 0 Å². The number of para-hydroxylation sites is 1. The summed E-state index contributed by atoms with van der Waals surface area (Å²) in [4.78, 5) is 7.02. The second-order valence-electron chi connectivity index (χ2n) is 3.27. The van der Waals surface area contributed by atoms with Gasteiger partial charge >= 0.3 is 0 Å². The standard InChI is InChI=1S/C9H10N2O3S/c1-15(13,14)7-4-2-3-6-9(7)11-8(5-12)10-6/h2-4,12H,5H2,1H3,(H,10,11). The summed E-state index contributed by atoms with van der Waals surface area (Å²) in [5.74, 6) is 0.362. The monoisotopic (exact) mass is 226 g/mol. The first kappa shape index (κ1) is 10.1. The second kappa shape index (κ2) is 3.32. The quantitative estimate of drug-likeness (QED) is 0.779. The van der Waals surface area contributed by atoms with E-state index in [1.54, 1.807) is 12.1 Å². The van der Waals surface area contributed by atoms with Gasteiger partial charge in [-0.1, -0.05) is 6.07 Å². The molecule has 15 heavy (non-hydrogen) atoms. The molecule has 1 aromatic heterocycles. The molecule has 0 bridgehead atoms. The number of aromatic nitrogens is 2. The molecule has 0 unspecified atom stereocenters. The summed E-state index contributed by atoms with van der Waals surface area (Å²) in [6, 6.07) is 4.86. The second-order valence-corrected chi connectivity index (χ2v) is 5.25. The molecule has 0 aliphatic rings. The average molecular weight is 226 g/mol. The number of rotatable bonds is 2. The van der Waals surface area contributed by atoms with Crippen LogP contribution < -0.4 is 0 Å². The van der Waals surface area contributed by atoms with Crippen molar-refractivity contribution in [2.75, 3.05) is 6.26 Å². The predicted octanol–water partition coefficient (Wildman–Crippen LogP) is 0.459. The molecule has 0 aliphatic heterocycles. The van der Waals surface area contributed by atoms with Crippen LogP contribution in [0.2, 0.25) is 0 Å². The topological polar surface area (TPSA) is 83.0 Å². The lowest BCUT2D eigenvalue weighted by Gasteiger charge is -1.97. The van der Waals surface area contributed by atoms with Gasteiger partial charge in [0.15, 0.2) is 9.84 Å². The third kappa shape index (κ3) is 1.73. The van der Waals surface area contributed by atoms with E-state index in [9.17, 15) is 8.42 Å². The Morgan fingerprint density at radius 2 is 2.20 bits per heavy atom. The smallest absolute Gasteiger partial charge is 0.177 e. The normalized spacial score (nSPS) is 12.1.